The molecule has 3 nitrogen and oxygen atoms in total. The van der Waals surface area contributed by atoms with Crippen LogP contribution in [0.25, 0.3) is 0 Å². The van der Waals surface area contributed by atoms with Crippen molar-refractivity contribution in [2.45, 2.75) is 26.8 Å². The molecule has 0 saturated heterocycles. The zero-order valence-corrected chi connectivity index (χ0v) is 11.5. The third-order valence-electron chi connectivity index (χ3n) is 3.13. The van der Waals surface area contributed by atoms with Crippen molar-refractivity contribution in [3.63, 3.8) is 0 Å². The highest BCUT2D eigenvalue weighted by Gasteiger charge is 2.15. The third-order valence-corrected chi connectivity index (χ3v) is 3.13. The van der Waals surface area contributed by atoms with Crippen LogP contribution >= 0.6 is 0 Å². The van der Waals surface area contributed by atoms with Gasteiger partial charge in [-0.25, -0.2) is 8.78 Å². The number of anilines is 1. The lowest BCUT2D eigenvalue weighted by Gasteiger charge is -2.16. The standard InChI is InChI=1S/C14H17F2N3/c1-8-5-13(16)11(6-12(8)15)9(2)17-14-7-19(4)18-10(14)3/h5-7,9,17H,1-4H3. The van der Waals surface area contributed by atoms with E-state index < -0.39 is 11.6 Å². The first-order valence-corrected chi connectivity index (χ1v) is 6.11. The number of nitrogens with zero attached hydrogens (tertiary/aromatic N) is 2. The molecule has 2 rings (SSSR count). The van der Waals surface area contributed by atoms with E-state index in [1.807, 2.05) is 20.2 Å². The summed E-state index contributed by atoms with van der Waals surface area (Å²) in [4.78, 5) is 0. The topological polar surface area (TPSA) is 29.9 Å². The minimum atomic E-state index is -0.402. The minimum absolute atomic E-state index is 0.311. The Balaban J connectivity index is 2.27. The summed E-state index contributed by atoms with van der Waals surface area (Å²) < 4.78 is 29.1. The van der Waals surface area contributed by atoms with Gasteiger partial charge in [-0.3, -0.25) is 4.68 Å². The second-order valence-electron chi connectivity index (χ2n) is 4.79. The number of rotatable bonds is 3. The second kappa shape index (κ2) is 4.99. The van der Waals surface area contributed by atoms with E-state index in [0.29, 0.717) is 11.1 Å². The van der Waals surface area contributed by atoms with Gasteiger partial charge in [-0.1, -0.05) is 0 Å². The highest BCUT2D eigenvalue weighted by molar-refractivity contribution is 5.48. The fourth-order valence-corrected chi connectivity index (χ4v) is 2.05. The Labute approximate surface area is 111 Å². The van der Waals surface area contributed by atoms with Gasteiger partial charge in [0, 0.05) is 18.8 Å². The normalized spacial score (nSPS) is 12.5. The Morgan fingerprint density at radius 3 is 2.47 bits per heavy atom. The van der Waals surface area contributed by atoms with E-state index in [9.17, 15) is 8.78 Å². The number of nitrogens with one attached hydrogen (secondary N) is 1. The number of aryl methyl sites for hydroxylation is 3. The van der Waals surface area contributed by atoms with Crippen molar-refractivity contribution in [3.05, 3.63) is 46.8 Å². The molecule has 102 valence electrons. The van der Waals surface area contributed by atoms with Gasteiger partial charge in [-0.05, 0) is 38.5 Å². The van der Waals surface area contributed by atoms with E-state index in [-0.39, 0.29) is 6.04 Å². The van der Waals surface area contributed by atoms with Gasteiger partial charge in [-0.15, -0.1) is 0 Å². The van der Waals surface area contributed by atoms with E-state index in [1.54, 1.807) is 18.5 Å². The minimum Gasteiger partial charge on any atom is -0.376 e. The molecule has 0 amide bonds. The highest BCUT2D eigenvalue weighted by Crippen LogP contribution is 2.25. The summed E-state index contributed by atoms with van der Waals surface area (Å²) in [6, 6.07) is 2.13. The van der Waals surface area contributed by atoms with Crippen molar-refractivity contribution in [3.8, 4) is 0 Å². The predicted octanol–water partition coefficient (Wildman–Crippen LogP) is 3.49. The van der Waals surface area contributed by atoms with Gasteiger partial charge in [-0.2, -0.15) is 5.10 Å². The maximum Gasteiger partial charge on any atom is 0.128 e. The first-order valence-electron chi connectivity index (χ1n) is 6.11. The summed E-state index contributed by atoms with van der Waals surface area (Å²) >= 11 is 0. The van der Waals surface area contributed by atoms with E-state index in [0.717, 1.165) is 11.4 Å². The predicted molar refractivity (Wildman–Crippen MR) is 71.1 cm³/mol. The Morgan fingerprint density at radius 1 is 1.21 bits per heavy atom. The van der Waals surface area contributed by atoms with Gasteiger partial charge in [0.15, 0.2) is 0 Å². The lowest BCUT2D eigenvalue weighted by atomic mass is 10.0. The van der Waals surface area contributed by atoms with Crippen LogP contribution < -0.4 is 5.32 Å². The van der Waals surface area contributed by atoms with Gasteiger partial charge in [0.2, 0.25) is 0 Å². The summed E-state index contributed by atoms with van der Waals surface area (Å²) in [6.45, 7) is 5.20. The average molecular weight is 265 g/mol. The molecule has 0 aliphatic rings. The first-order chi connectivity index (χ1) is 8.88. The summed E-state index contributed by atoms with van der Waals surface area (Å²) in [7, 11) is 1.81. The van der Waals surface area contributed by atoms with E-state index in [4.69, 9.17) is 0 Å². The van der Waals surface area contributed by atoms with Crippen LogP contribution in [0.1, 0.15) is 29.8 Å². The molecule has 1 aromatic carbocycles. The van der Waals surface area contributed by atoms with E-state index in [1.165, 1.54) is 12.1 Å². The zero-order chi connectivity index (χ0) is 14.2. The number of halogens is 2. The lowest BCUT2D eigenvalue weighted by Crippen LogP contribution is -2.10. The Morgan fingerprint density at radius 2 is 1.89 bits per heavy atom. The summed E-state index contributed by atoms with van der Waals surface area (Å²) in [5.74, 6) is -0.798. The van der Waals surface area contributed by atoms with Crippen molar-refractivity contribution in [2.24, 2.45) is 7.05 Å². The monoisotopic (exact) mass is 265 g/mol. The summed E-state index contributed by atoms with van der Waals surface area (Å²) in [5.41, 5.74) is 2.26. The lowest BCUT2D eigenvalue weighted by molar-refractivity contribution is 0.571. The quantitative estimate of drug-likeness (QED) is 0.920. The molecular weight excluding hydrogens is 248 g/mol. The number of hydrogen-bond donors (Lipinski definition) is 1. The van der Waals surface area contributed by atoms with Crippen LogP contribution in [0.3, 0.4) is 0 Å². The first kappa shape index (κ1) is 13.5. The fraction of sp³-hybridized carbons (Fsp3) is 0.357. The van der Waals surface area contributed by atoms with Gasteiger partial charge >= 0.3 is 0 Å². The number of aromatic nitrogens is 2. The Hall–Kier alpha value is -1.91. The van der Waals surface area contributed by atoms with Crippen LogP contribution in [-0.2, 0) is 7.05 Å². The summed E-state index contributed by atoms with van der Waals surface area (Å²) in [6.07, 6.45) is 1.81. The molecule has 19 heavy (non-hydrogen) atoms. The molecule has 1 atom stereocenters. The number of hydrogen-bond acceptors (Lipinski definition) is 2. The maximum absolute atomic E-state index is 13.9. The molecule has 0 bridgehead atoms. The molecule has 1 aromatic heterocycles. The highest BCUT2D eigenvalue weighted by atomic mass is 19.1. The SMILES string of the molecule is Cc1cc(F)c(C(C)Nc2cn(C)nc2C)cc1F. The molecule has 0 fully saturated rings. The Bertz CT molecular complexity index is 605. The average Bonchev–Trinajstić information content (AvgIpc) is 2.62. The van der Waals surface area contributed by atoms with Gasteiger partial charge in [0.05, 0.1) is 17.4 Å². The molecule has 1 heterocycles. The van der Waals surface area contributed by atoms with Crippen molar-refractivity contribution in [1.29, 1.82) is 0 Å². The van der Waals surface area contributed by atoms with Crippen LogP contribution in [0.5, 0.6) is 0 Å². The largest absolute Gasteiger partial charge is 0.376 e. The Kier molecular flexibility index (Phi) is 3.55. The van der Waals surface area contributed by atoms with Crippen LogP contribution in [0.15, 0.2) is 18.3 Å². The fourth-order valence-electron chi connectivity index (χ4n) is 2.05. The van der Waals surface area contributed by atoms with Gasteiger partial charge in [0.25, 0.3) is 0 Å². The molecule has 0 radical (unpaired) electrons. The molecule has 1 N–H and O–H groups in total. The number of benzene rings is 1. The van der Waals surface area contributed by atoms with Gasteiger partial charge in [0.1, 0.15) is 11.6 Å². The molecule has 0 saturated carbocycles. The van der Waals surface area contributed by atoms with E-state index in [2.05, 4.69) is 10.4 Å². The van der Waals surface area contributed by atoms with Crippen LogP contribution in [-0.4, -0.2) is 9.78 Å². The van der Waals surface area contributed by atoms with Crippen LogP contribution in [0.4, 0.5) is 14.5 Å². The third kappa shape index (κ3) is 2.75. The van der Waals surface area contributed by atoms with Crippen molar-refractivity contribution >= 4 is 5.69 Å². The molecule has 0 spiro atoms. The van der Waals surface area contributed by atoms with Crippen molar-refractivity contribution in [1.82, 2.24) is 9.78 Å². The van der Waals surface area contributed by atoms with Crippen molar-refractivity contribution in [2.75, 3.05) is 5.32 Å². The van der Waals surface area contributed by atoms with Crippen molar-refractivity contribution < 1.29 is 8.78 Å². The van der Waals surface area contributed by atoms with Gasteiger partial charge < -0.3 is 5.32 Å². The molecule has 0 aliphatic heterocycles. The molecular formula is C14H17F2N3. The zero-order valence-electron chi connectivity index (χ0n) is 11.5. The van der Waals surface area contributed by atoms with E-state index >= 15 is 0 Å². The molecule has 0 aliphatic carbocycles. The molecule has 1 unspecified atom stereocenters. The van der Waals surface area contributed by atoms with Crippen LogP contribution in [0.2, 0.25) is 0 Å². The molecule has 2 aromatic rings. The van der Waals surface area contributed by atoms with Crippen LogP contribution in [0, 0.1) is 25.5 Å². The maximum atomic E-state index is 13.9. The summed E-state index contributed by atoms with van der Waals surface area (Å²) in [5, 5.41) is 7.34. The molecule has 5 heteroatoms. The smallest absolute Gasteiger partial charge is 0.128 e. The second-order valence-corrected chi connectivity index (χ2v) is 4.79.